The lowest BCUT2D eigenvalue weighted by Gasteiger charge is -2.23. The summed E-state index contributed by atoms with van der Waals surface area (Å²) in [6.45, 7) is 6.90. The van der Waals surface area contributed by atoms with Gasteiger partial charge in [-0.15, -0.1) is 0 Å². The molecule has 0 amide bonds. The fourth-order valence-electron chi connectivity index (χ4n) is 1.47. The van der Waals surface area contributed by atoms with Gasteiger partial charge in [-0.25, -0.2) is 4.31 Å². The quantitative estimate of drug-likeness (QED) is 0.631. The van der Waals surface area contributed by atoms with Crippen LogP contribution in [0, 0.1) is 0 Å². The molecule has 0 saturated carbocycles. The van der Waals surface area contributed by atoms with E-state index in [0.29, 0.717) is 6.42 Å². The Morgan fingerprint density at radius 1 is 1.26 bits per heavy atom. The molecule has 0 aromatic carbocycles. The Bertz CT molecular complexity index is 413. The summed E-state index contributed by atoms with van der Waals surface area (Å²) in [5, 5.41) is 0. The molecule has 0 aromatic heterocycles. The van der Waals surface area contributed by atoms with Crippen LogP contribution in [0.1, 0.15) is 46.0 Å². The molecule has 0 spiro atoms. The molecule has 0 N–H and O–H groups in total. The predicted octanol–water partition coefficient (Wildman–Crippen LogP) is 4.16. The highest BCUT2D eigenvalue weighted by molar-refractivity contribution is 7.90. The second-order valence-electron chi connectivity index (χ2n) is 4.11. The maximum Gasteiger partial charge on any atom is 0.517 e. The van der Waals surface area contributed by atoms with Gasteiger partial charge in [-0.1, -0.05) is 38.8 Å². The van der Waals surface area contributed by atoms with E-state index in [0.717, 1.165) is 25.5 Å². The third-order valence-corrected chi connectivity index (χ3v) is 3.95. The largest absolute Gasteiger partial charge is 0.517 e. The Morgan fingerprint density at radius 2 is 1.84 bits per heavy atom. The van der Waals surface area contributed by atoms with Crippen LogP contribution in [0.2, 0.25) is 0 Å². The van der Waals surface area contributed by atoms with E-state index in [9.17, 15) is 21.6 Å². The molecule has 0 saturated heterocycles. The molecule has 7 heteroatoms. The maximum atomic E-state index is 12.5. The van der Waals surface area contributed by atoms with Crippen molar-refractivity contribution in [3.63, 3.8) is 0 Å². The van der Waals surface area contributed by atoms with E-state index in [1.807, 2.05) is 6.92 Å². The van der Waals surface area contributed by atoms with Crippen molar-refractivity contribution in [3.05, 3.63) is 24.6 Å². The van der Waals surface area contributed by atoms with Gasteiger partial charge in [0.1, 0.15) is 0 Å². The van der Waals surface area contributed by atoms with Gasteiger partial charge < -0.3 is 0 Å². The van der Waals surface area contributed by atoms with E-state index >= 15 is 0 Å². The summed E-state index contributed by atoms with van der Waals surface area (Å²) in [6, 6.07) is 0. The second-order valence-corrected chi connectivity index (χ2v) is 5.91. The van der Waals surface area contributed by atoms with Gasteiger partial charge >= 0.3 is 15.5 Å². The first-order valence-corrected chi connectivity index (χ1v) is 7.53. The Labute approximate surface area is 112 Å². The number of hydrogen-bond acceptors (Lipinski definition) is 2. The first-order chi connectivity index (χ1) is 8.68. The minimum Gasteiger partial charge on any atom is -0.243 e. The zero-order valence-corrected chi connectivity index (χ0v) is 12.0. The summed E-state index contributed by atoms with van der Waals surface area (Å²) >= 11 is 0. The van der Waals surface area contributed by atoms with E-state index in [1.54, 1.807) is 0 Å². The van der Waals surface area contributed by atoms with Crippen molar-refractivity contribution >= 4 is 10.0 Å². The molecular weight excluding hydrogens is 279 g/mol. The zero-order chi connectivity index (χ0) is 15.1. The van der Waals surface area contributed by atoms with Crippen molar-refractivity contribution in [1.29, 1.82) is 0 Å². The summed E-state index contributed by atoms with van der Waals surface area (Å²) in [4.78, 5) is 0. The number of rotatable bonds is 8. The van der Waals surface area contributed by atoms with Crippen LogP contribution in [-0.2, 0) is 10.0 Å². The third-order valence-electron chi connectivity index (χ3n) is 2.47. The lowest BCUT2D eigenvalue weighted by atomic mass is 10.1. The highest BCUT2D eigenvalue weighted by Crippen LogP contribution is 2.30. The normalized spacial score (nSPS) is 12.9. The van der Waals surface area contributed by atoms with Crippen molar-refractivity contribution in [2.75, 3.05) is 0 Å². The van der Waals surface area contributed by atoms with Gasteiger partial charge in [0, 0.05) is 11.9 Å². The van der Waals surface area contributed by atoms with Crippen molar-refractivity contribution in [3.8, 4) is 0 Å². The van der Waals surface area contributed by atoms with E-state index in [-0.39, 0.29) is 16.4 Å². The number of halogens is 3. The smallest absolute Gasteiger partial charge is 0.243 e. The molecule has 0 radical (unpaired) electrons. The van der Waals surface area contributed by atoms with Gasteiger partial charge in [0.15, 0.2) is 0 Å². The topological polar surface area (TPSA) is 37.4 Å². The summed E-state index contributed by atoms with van der Waals surface area (Å²) in [5.41, 5.74) is -5.38. The summed E-state index contributed by atoms with van der Waals surface area (Å²) < 4.78 is 60.5. The van der Waals surface area contributed by atoms with Crippen molar-refractivity contribution < 1.29 is 21.6 Å². The minimum atomic E-state index is -5.40. The summed E-state index contributed by atoms with van der Waals surface area (Å²) in [7, 11) is -5.40. The average Bonchev–Trinajstić information content (AvgIpc) is 2.29. The molecule has 112 valence electrons. The molecule has 0 unspecified atom stereocenters. The number of sulfonamides is 1. The van der Waals surface area contributed by atoms with E-state index < -0.39 is 15.5 Å². The first kappa shape index (κ1) is 18.0. The molecule has 3 nitrogen and oxygen atoms in total. The van der Waals surface area contributed by atoms with Gasteiger partial charge in [0.25, 0.3) is 0 Å². The summed E-state index contributed by atoms with van der Waals surface area (Å²) in [5.74, 6) is 0. The molecule has 0 fully saturated rings. The van der Waals surface area contributed by atoms with Gasteiger partial charge in [0.2, 0.25) is 0 Å². The Kier molecular flexibility index (Phi) is 7.18. The SMILES string of the molecule is C=C(CCCCCC)N(/C=C/C)S(=O)(=O)C(F)(F)F. The number of hydrogen-bond donors (Lipinski definition) is 0. The molecule has 0 bridgehead atoms. The van der Waals surface area contributed by atoms with Crippen LogP contribution in [0.15, 0.2) is 24.6 Å². The van der Waals surface area contributed by atoms with Gasteiger partial charge in [-0.05, 0) is 19.8 Å². The fraction of sp³-hybridized carbons (Fsp3) is 0.667. The molecule has 0 aliphatic rings. The molecule has 19 heavy (non-hydrogen) atoms. The lowest BCUT2D eigenvalue weighted by molar-refractivity contribution is -0.0471. The standard InChI is InChI=1S/C12H20F3NO2S/c1-4-6-7-8-9-11(3)16(10-5-2)19(17,18)12(13,14)15/h5,10H,3-4,6-9H2,1-2H3/b10-5+. The first-order valence-electron chi connectivity index (χ1n) is 6.09. The van der Waals surface area contributed by atoms with E-state index in [4.69, 9.17) is 0 Å². The monoisotopic (exact) mass is 299 g/mol. The number of nitrogens with zero attached hydrogens (tertiary/aromatic N) is 1. The highest BCUT2D eigenvalue weighted by Gasteiger charge is 2.49. The minimum absolute atomic E-state index is 0.0634. The maximum absolute atomic E-state index is 12.5. The predicted molar refractivity (Wildman–Crippen MR) is 69.5 cm³/mol. The number of allylic oxidation sites excluding steroid dienone is 2. The van der Waals surface area contributed by atoms with Gasteiger partial charge in [-0.2, -0.15) is 21.6 Å². The number of alkyl halides is 3. The van der Waals surface area contributed by atoms with Crippen LogP contribution in [0.4, 0.5) is 13.2 Å². The average molecular weight is 299 g/mol. The van der Waals surface area contributed by atoms with E-state index in [1.165, 1.54) is 13.0 Å². The molecule has 0 heterocycles. The van der Waals surface area contributed by atoms with Crippen LogP contribution in [0.3, 0.4) is 0 Å². The van der Waals surface area contributed by atoms with Crippen molar-refractivity contribution in [2.45, 2.75) is 51.5 Å². The van der Waals surface area contributed by atoms with Crippen LogP contribution in [-0.4, -0.2) is 18.2 Å². The zero-order valence-electron chi connectivity index (χ0n) is 11.2. The van der Waals surface area contributed by atoms with Crippen molar-refractivity contribution in [1.82, 2.24) is 4.31 Å². The highest BCUT2D eigenvalue weighted by atomic mass is 32.2. The second kappa shape index (κ2) is 7.57. The third kappa shape index (κ3) is 5.26. The Balaban J connectivity index is 4.89. The van der Waals surface area contributed by atoms with Gasteiger partial charge in [-0.3, -0.25) is 0 Å². The molecule has 0 aromatic rings. The molecular formula is C12H20F3NO2S. The number of unbranched alkanes of at least 4 members (excludes halogenated alkanes) is 3. The summed E-state index contributed by atoms with van der Waals surface area (Å²) in [6.07, 6.45) is 5.75. The molecule has 0 aliphatic heterocycles. The molecule has 0 atom stereocenters. The Hall–Kier alpha value is -0.980. The lowest BCUT2D eigenvalue weighted by Crippen LogP contribution is -2.36. The van der Waals surface area contributed by atoms with Crippen LogP contribution < -0.4 is 0 Å². The molecule has 0 aliphatic carbocycles. The fourth-order valence-corrected chi connectivity index (χ4v) is 2.40. The van der Waals surface area contributed by atoms with Crippen LogP contribution >= 0.6 is 0 Å². The van der Waals surface area contributed by atoms with Crippen molar-refractivity contribution in [2.24, 2.45) is 0 Å². The van der Waals surface area contributed by atoms with E-state index in [2.05, 4.69) is 6.58 Å². The van der Waals surface area contributed by atoms with Gasteiger partial charge in [0.05, 0.1) is 0 Å². The Morgan fingerprint density at radius 3 is 2.26 bits per heavy atom. The van der Waals surface area contributed by atoms with Crippen LogP contribution in [0.25, 0.3) is 0 Å². The van der Waals surface area contributed by atoms with Crippen LogP contribution in [0.5, 0.6) is 0 Å². The molecule has 0 rings (SSSR count).